The Morgan fingerprint density at radius 2 is 2.14 bits per heavy atom. The van der Waals surface area contributed by atoms with Crippen molar-refractivity contribution in [1.29, 1.82) is 5.26 Å². The van der Waals surface area contributed by atoms with Crippen LogP contribution in [0.4, 0.5) is 10.7 Å². The van der Waals surface area contributed by atoms with Gasteiger partial charge in [-0.15, -0.1) is 11.3 Å². The molecule has 0 spiro atoms. The molecule has 2 aromatic rings. The maximum atomic E-state index is 9.62. The van der Waals surface area contributed by atoms with E-state index in [4.69, 9.17) is 29.6 Å². The van der Waals surface area contributed by atoms with Gasteiger partial charge in [0.2, 0.25) is 0 Å². The zero-order valence-corrected chi connectivity index (χ0v) is 14.2. The highest BCUT2D eigenvalue weighted by atomic mass is 35.5. The van der Waals surface area contributed by atoms with Crippen LogP contribution in [-0.2, 0) is 12.8 Å². The topological polar surface area (TPSA) is 53.0 Å². The zero-order valence-electron chi connectivity index (χ0n) is 11.8. The summed E-state index contributed by atoms with van der Waals surface area (Å²) < 4.78 is 0. The smallest absolute Gasteiger partial charge is 0.176 e. The van der Waals surface area contributed by atoms with Crippen molar-refractivity contribution in [1.82, 2.24) is 0 Å². The number of benzene rings is 1. The van der Waals surface area contributed by atoms with Gasteiger partial charge in [-0.25, -0.2) is 0 Å². The fraction of sp³-hybridized carbons (Fsp3) is 0.250. The van der Waals surface area contributed by atoms with E-state index in [0.29, 0.717) is 10.6 Å². The summed E-state index contributed by atoms with van der Waals surface area (Å²) in [6.07, 6.45) is 4.27. The van der Waals surface area contributed by atoms with Gasteiger partial charge < -0.3 is 5.73 Å². The number of anilines is 2. The summed E-state index contributed by atoms with van der Waals surface area (Å²) in [7, 11) is 0. The summed E-state index contributed by atoms with van der Waals surface area (Å²) in [6.45, 7) is 0. The summed E-state index contributed by atoms with van der Waals surface area (Å²) in [4.78, 5) is 3.03. The number of hydrogen-bond donors (Lipinski definition) is 1. The van der Waals surface area contributed by atoms with E-state index in [1.165, 1.54) is 11.3 Å². The first-order valence-corrected chi connectivity index (χ1v) is 8.62. The average molecular weight is 348 g/mol. The minimum Gasteiger partial charge on any atom is -0.376 e. The van der Waals surface area contributed by atoms with Crippen LogP contribution in [0.15, 0.2) is 24.3 Å². The second kappa shape index (κ2) is 6.25. The summed E-state index contributed by atoms with van der Waals surface area (Å²) in [5.41, 5.74) is 8.60. The first kappa shape index (κ1) is 15.3. The molecule has 1 aliphatic rings. The molecule has 1 heterocycles. The van der Waals surface area contributed by atoms with Crippen LogP contribution >= 0.6 is 35.2 Å². The van der Waals surface area contributed by atoms with Crippen LogP contribution in [0.1, 0.15) is 28.8 Å². The Labute approximate surface area is 143 Å². The largest absolute Gasteiger partial charge is 0.376 e. The van der Waals surface area contributed by atoms with Crippen LogP contribution in [-0.4, -0.2) is 5.11 Å². The van der Waals surface area contributed by atoms with E-state index in [2.05, 4.69) is 6.07 Å². The number of hydrogen-bond acceptors (Lipinski definition) is 3. The van der Waals surface area contributed by atoms with Gasteiger partial charge in [0.1, 0.15) is 11.1 Å². The Bertz CT molecular complexity index is 776. The van der Waals surface area contributed by atoms with Crippen LogP contribution in [0.3, 0.4) is 0 Å². The summed E-state index contributed by atoms with van der Waals surface area (Å²) in [5, 5.41) is 11.3. The van der Waals surface area contributed by atoms with E-state index in [1.54, 1.807) is 28.4 Å². The molecule has 0 radical (unpaired) electrons. The molecular weight excluding hydrogens is 334 g/mol. The molecule has 0 bridgehead atoms. The number of fused-ring (bicyclic) bond motifs is 1. The van der Waals surface area contributed by atoms with Crippen molar-refractivity contribution in [3.63, 3.8) is 0 Å². The van der Waals surface area contributed by atoms with Crippen molar-refractivity contribution >= 4 is 51.0 Å². The zero-order chi connectivity index (χ0) is 15.7. The molecule has 1 aromatic heterocycles. The molecule has 0 saturated heterocycles. The standard InChI is InChI=1S/C16H14ClN3S2/c17-10-4-3-5-11(8-10)20(16(19)21)15-13(9-18)12-6-1-2-7-14(12)22-15/h3-5,8H,1-2,6-7H2,(H2,19,21). The van der Waals surface area contributed by atoms with Crippen molar-refractivity contribution in [2.75, 3.05) is 4.90 Å². The highest BCUT2D eigenvalue weighted by Crippen LogP contribution is 2.42. The third kappa shape index (κ3) is 2.70. The van der Waals surface area contributed by atoms with Gasteiger partial charge in [0.15, 0.2) is 5.11 Å². The lowest BCUT2D eigenvalue weighted by Gasteiger charge is -2.22. The van der Waals surface area contributed by atoms with Gasteiger partial charge in [0.25, 0.3) is 0 Å². The highest BCUT2D eigenvalue weighted by Gasteiger charge is 2.26. The van der Waals surface area contributed by atoms with E-state index < -0.39 is 0 Å². The Kier molecular flexibility index (Phi) is 4.34. The summed E-state index contributed by atoms with van der Waals surface area (Å²) in [6, 6.07) is 9.69. The lowest BCUT2D eigenvalue weighted by molar-refractivity contribution is 0.696. The van der Waals surface area contributed by atoms with E-state index >= 15 is 0 Å². The van der Waals surface area contributed by atoms with Gasteiger partial charge in [-0.3, -0.25) is 4.90 Å². The molecular formula is C16H14ClN3S2. The maximum absolute atomic E-state index is 9.62. The number of nitriles is 1. The van der Waals surface area contributed by atoms with Gasteiger partial charge in [-0.1, -0.05) is 17.7 Å². The van der Waals surface area contributed by atoms with Crippen LogP contribution < -0.4 is 10.6 Å². The van der Waals surface area contributed by atoms with Crippen LogP contribution in [0, 0.1) is 11.3 Å². The molecule has 0 saturated carbocycles. The number of nitrogens with two attached hydrogens (primary N) is 1. The van der Waals surface area contributed by atoms with Crippen molar-refractivity contribution in [3.05, 3.63) is 45.3 Å². The molecule has 0 unspecified atom stereocenters. The molecule has 112 valence electrons. The first-order chi connectivity index (χ1) is 10.6. The van der Waals surface area contributed by atoms with Gasteiger partial charge >= 0.3 is 0 Å². The Balaban J connectivity index is 2.16. The summed E-state index contributed by atoms with van der Waals surface area (Å²) >= 11 is 12.9. The van der Waals surface area contributed by atoms with Gasteiger partial charge in [-0.2, -0.15) is 5.26 Å². The lowest BCUT2D eigenvalue weighted by atomic mass is 9.96. The molecule has 0 atom stereocenters. The minimum atomic E-state index is 0.220. The molecule has 1 aliphatic carbocycles. The molecule has 0 amide bonds. The monoisotopic (exact) mass is 347 g/mol. The Hall–Kier alpha value is -1.61. The van der Waals surface area contributed by atoms with Crippen molar-refractivity contribution in [3.8, 4) is 6.07 Å². The first-order valence-electron chi connectivity index (χ1n) is 7.01. The quantitative estimate of drug-likeness (QED) is 0.811. The number of nitrogens with zero attached hydrogens (tertiary/aromatic N) is 2. The fourth-order valence-corrected chi connectivity index (χ4v) is 4.60. The Morgan fingerprint density at radius 1 is 1.36 bits per heavy atom. The van der Waals surface area contributed by atoms with Crippen molar-refractivity contribution in [2.24, 2.45) is 5.73 Å². The Morgan fingerprint density at radius 3 is 2.82 bits per heavy atom. The third-order valence-corrected chi connectivity index (χ3v) is 5.45. The minimum absolute atomic E-state index is 0.220. The molecule has 0 fully saturated rings. The number of aryl methyl sites for hydroxylation is 1. The second-order valence-electron chi connectivity index (χ2n) is 5.16. The van der Waals surface area contributed by atoms with Crippen molar-refractivity contribution in [2.45, 2.75) is 25.7 Å². The average Bonchev–Trinajstić information content (AvgIpc) is 2.85. The number of rotatable bonds is 2. The van der Waals surface area contributed by atoms with Crippen molar-refractivity contribution < 1.29 is 0 Å². The summed E-state index contributed by atoms with van der Waals surface area (Å²) in [5.74, 6) is 0. The fourth-order valence-electron chi connectivity index (χ4n) is 2.78. The lowest BCUT2D eigenvalue weighted by Crippen LogP contribution is -2.31. The third-order valence-electron chi connectivity index (χ3n) is 3.75. The van der Waals surface area contributed by atoms with Gasteiger partial charge in [0, 0.05) is 9.90 Å². The van der Waals surface area contributed by atoms with E-state index in [1.807, 2.05) is 12.1 Å². The molecule has 6 heteroatoms. The number of halogens is 1. The van der Waals surface area contributed by atoms with Gasteiger partial charge in [0.05, 0.1) is 11.3 Å². The molecule has 2 N–H and O–H groups in total. The molecule has 22 heavy (non-hydrogen) atoms. The number of thiophene rings is 1. The molecule has 0 aliphatic heterocycles. The van der Waals surface area contributed by atoms with E-state index in [0.717, 1.165) is 35.5 Å². The van der Waals surface area contributed by atoms with Crippen LogP contribution in [0.5, 0.6) is 0 Å². The molecule has 1 aromatic carbocycles. The van der Waals surface area contributed by atoms with E-state index in [-0.39, 0.29) is 5.11 Å². The van der Waals surface area contributed by atoms with Gasteiger partial charge in [-0.05, 0) is 61.7 Å². The molecule has 3 nitrogen and oxygen atoms in total. The SMILES string of the molecule is N#Cc1c(N(C(N)=S)c2cccc(Cl)c2)sc2c1CCCC2. The van der Waals surface area contributed by atoms with E-state index in [9.17, 15) is 5.26 Å². The highest BCUT2D eigenvalue weighted by molar-refractivity contribution is 7.80. The normalized spacial score (nSPS) is 13.3. The van der Waals surface area contributed by atoms with Crippen LogP contribution in [0.25, 0.3) is 0 Å². The predicted molar refractivity (Wildman–Crippen MR) is 96.1 cm³/mol. The maximum Gasteiger partial charge on any atom is 0.176 e. The molecule has 3 rings (SSSR count). The number of thiocarbonyl (C=S) groups is 1. The second-order valence-corrected chi connectivity index (χ2v) is 7.09. The predicted octanol–water partition coefficient (Wildman–Crippen LogP) is 4.53. The van der Waals surface area contributed by atoms with Crippen LogP contribution in [0.2, 0.25) is 5.02 Å².